The van der Waals surface area contributed by atoms with Gasteiger partial charge in [-0.2, -0.15) is 0 Å². The van der Waals surface area contributed by atoms with Crippen LogP contribution >= 0.6 is 0 Å². The van der Waals surface area contributed by atoms with E-state index in [1.165, 1.54) is 0 Å². The molecule has 2 aromatic heterocycles. The molecule has 2 aromatic carbocycles. The predicted molar refractivity (Wildman–Crippen MR) is 107 cm³/mol. The van der Waals surface area contributed by atoms with Gasteiger partial charge in [0.2, 0.25) is 0 Å². The minimum atomic E-state index is -0.936. The third-order valence-electron chi connectivity index (χ3n) is 4.44. The molecule has 0 spiro atoms. The van der Waals surface area contributed by atoms with Crippen LogP contribution in [0.2, 0.25) is 0 Å². The molecule has 0 amide bonds. The number of nitrogens with zero attached hydrogens (tertiary/aromatic N) is 2. The Morgan fingerprint density at radius 1 is 0.690 bits per heavy atom. The van der Waals surface area contributed by atoms with Gasteiger partial charge in [0, 0.05) is 39.7 Å². The van der Waals surface area contributed by atoms with E-state index in [0.717, 1.165) is 21.9 Å². The van der Waals surface area contributed by atoms with Gasteiger partial charge in [-0.15, -0.1) is 0 Å². The second-order valence-electron chi connectivity index (χ2n) is 6.27. The second-order valence-corrected chi connectivity index (χ2v) is 6.27. The van der Waals surface area contributed by atoms with Crippen LogP contribution < -0.4 is 0 Å². The van der Waals surface area contributed by atoms with Gasteiger partial charge in [0.15, 0.2) is 0 Å². The van der Waals surface area contributed by atoms with Crippen LogP contribution in [0.3, 0.4) is 0 Å². The Morgan fingerprint density at radius 2 is 1.07 bits per heavy atom. The van der Waals surface area contributed by atoms with Gasteiger partial charge in [0.05, 0.1) is 22.2 Å². The molecule has 6 nitrogen and oxygen atoms in total. The number of carboxylic acids is 2. The fraction of sp³-hybridized carbons (Fsp3) is 0.0909. The van der Waals surface area contributed by atoms with Crippen LogP contribution in [0.25, 0.3) is 21.8 Å². The Balaban J connectivity index is 0.000000200. The quantitative estimate of drug-likeness (QED) is 0.453. The van der Waals surface area contributed by atoms with Gasteiger partial charge in [0.1, 0.15) is 0 Å². The minimum absolute atomic E-state index is 0. The number of fused-ring (bicyclic) bond motifs is 2. The molecule has 4 aromatic rings. The van der Waals surface area contributed by atoms with Gasteiger partial charge in [-0.05, 0) is 49.2 Å². The van der Waals surface area contributed by atoms with Crippen molar-refractivity contribution in [1.29, 1.82) is 0 Å². The molecule has 0 saturated heterocycles. The number of carbonyl (C=O) groups is 2. The molecule has 0 saturated carbocycles. The third kappa shape index (κ3) is 4.58. The first-order valence-corrected chi connectivity index (χ1v) is 8.55. The molecule has 0 aliphatic heterocycles. The summed E-state index contributed by atoms with van der Waals surface area (Å²) >= 11 is 0. The van der Waals surface area contributed by atoms with Crippen LogP contribution in [-0.4, -0.2) is 32.1 Å². The van der Waals surface area contributed by atoms with Crippen molar-refractivity contribution in [3.8, 4) is 0 Å². The van der Waals surface area contributed by atoms with E-state index in [1.807, 2.05) is 38.1 Å². The molecule has 0 aliphatic carbocycles. The van der Waals surface area contributed by atoms with E-state index in [2.05, 4.69) is 9.97 Å². The number of carboxylic acid groups (broad SMARTS) is 2. The summed E-state index contributed by atoms with van der Waals surface area (Å²) in [7, 11) is 0. The Morgan fingerprint density at radius 3 is 1.41 bits per heavy atom. The van der Waals surface area contributed by atoms with Crippen LogP contribution in [0.15, 0.2) is 60.9 Å². The largest absolute Gasteiger partial charge is 0.478 e. The Hall–Kier alpha value is -3.31. The SMILES string of the molecule is Cc1ccnc2c(C(=O)O)cccc12.Cc1ccnc2c(C(=O)O)cccc12.[Ni]. The molecule has 0 fully saturated rings. The van der Waals surface area contributed by atoms with Crippen LogP contribution in [-0.2, 0) is 16.5 Å². The normalized spacial score (nSPS) is 10.0. The maximum absolute atomic E-state index is 10.9. The third-order valence-corrected chi connectivity index (χ3v) is 4.44. The Kier molecular flexibility index (Phi) is 7.02. The number of pyridine rings is 2. The minimum Gasteiger partial charge on any atom is -0.478 e. The standard InChI is InChI=1S/2C11H9NO2.Ni/c2*1-7-5-6-12-10-8(7)3-2-4-9(10)11(13)14;/h2*2-6H,1H3,(H,13,14);. The Labute approximate surface area is 177 Å². The second kappa shape index (κ2) is 9.26. The van der Waals surface area contributed by atoms with Gasteiger partial charge in [-0.3, -0.25) is 9.97 Å². The van der Waals surface area contributed by atoms with Crippen molar-refractivity contribution < 1.29 is 36.3 Å². The van der Waals surface area contributed by atoms with Crippen LogP contribution in [0.5, 0.6) is 0 Å². The molecular formula is C22H18N2NiO4. The first kappa shape index (κ1) is 22.0. The van der Waals surface area contributed by atoms with Crippen molar-refractivity contribution in [3.63, 3.8) is 0 Å². The first-order chi connectivity index (χ1) is 13.4. The van der Waals surface area contributed by atoms with E-state index in [0.29, 0.717) is 11.0 Å². The number of aromatic carboxylic acids is 2. The van der Waals surface area contributed by atoms with Crippen LogP contribution in [0, 0.1) is 13.8 Å². The van der Waals surface area contributed by atoms with E-state index < -0.39 is 11.9 Å². The fourth-order valence-electron chi connectivity index (χ4n) is 2.97. The van der Waals surface area contributed by atoms with Crippen molar-refractivity contribution in [2.24, 2.45) is 0 Å². The topological polar surface area (TPSA) is 100 Å². The molecule has 150 valence electrons. The summed E-state index contributed by atoms with van der Waals surface area (Å²) in [5, 5.41) is 19.7. The number of rotatable bonds is 2. The summed E-state index contributed by atoms with van der Waals surface area (Å²) in [4.78, 5) is 29.9. The zero-order valence-electron chi connectivity index (χ0n) is 15.7. The fourth-order valence-corrected chi connectivity index (χ4v) is 2.97. The molecular weight excluding hydrogens is 415 g/mol. The molecule has 0 bridgehead atoms. The van der Waals surface area contributed by atoms with E-state index in [1.54, 1.807) is 36.7 Å². The molecule has 2 heterocycles. The number of para-hydroxylation sites is 2. The van der Waals surface area contributed by atoms with E-state index in [9.17, 15) is 9.59 Å². The molecule has 0 unspecified atom stereocenters. The maximum atomic E-state index is 10.9. The molecule has 4 rings (SSSR count). The average Bonchev–Trinajstić information content (AvgIpc) is 2.68. The number of aryl methyl sites for hydroxylation is 2. The van der Waals surface area contributed by atoms with Crippen molar-refractivity contribution in [3.05, 3.63) is 83.2 Å². The zero-order chi connectivity index (χ0) is 20.3. The van der Waals surface area contributed by atoms with Crippen LogP contribution in [0.4, 0.5) is 0 Å². The summed E-state index contributed by atoms with van der Waals surface area (Å²) in [6, 6.07) is 14.1. The van der Waals surface area contributed by atoms with Gasteiger partial charge < -0.3 is 10.2 Å². The van der Waals surface area contributed by atoms with Crippen molar-refractivity contribution in [2.75, 3.05) is 0 Å². The summed E-state index contributed by atoms with van der Waals surface area (Å²) < 4.78 is 0. The molecule has 0 radical (unpaired) electrons. The summed E-state index contributed by atoms with van der Waals surface area (Å²) in [6.07, 6.45) is 3.26. The number of hydrogen-bond acceptors (Lipinski definition) is 4. The van der Waals surface area contributed by atoms with Crippen molar-refractivity contribution in [1.82, 2.24) is 9.97 Å². The zero-order valence-corrected chi connectivity index (χ0v) is 16.7. The maximum Gasteiger partial charge on any atom is 0.337 e. The van der Waals surface area contributed by atoms with Gasteiger partial charge in [-0.1, -0.05) is 24.3 Å². The van der Waals surface area contributed by atoms with Crippen LogP contribution in [0.1, 0.15) is 31.8 Å². The van der Waals surface area contributed by atoms with Crippen molar-refractivity contribution in [2.45, 2.75) is 13.8 Å². The molecule has 0 atom stereocenters. The first-order valence-electron chi connectivity index (χ1n) is 8.55. The van der Waals surface area contributed by atoms with E-state index in [4.69, 9.17) is 10.2 Å². The average molecular weight is 433 g/mol. The molecule has 7 heteroatoms. The van der Waals surface area contributed by atoms with E-state index >= 15 is 0 Å². The smallest absolute Gasteiger partial charge is 0.337 e. The molecule has 0 aliphatic rings. The summed E-state index contributed by atoms with van der Waals surface area (Å²) in [6.45, 7) is 3.88. The summed E-state index contributed by atoms with van der Waals surface area (Å²) in [5.41, 5.74) is 3.70. The molecule has 29 heavy (non-hydrogen) atoms. The monoisotopic (exact) mass is 432 g/mol. The number of aromatic nitrogens is 2. The number of benzene rings is 2. The van der Waals surface area contributed by atoms with Gasteiger partial charge in [0.25, 0.3) is 0 Å². The van der Waals surface area contributed by atoms with Gasteiger partial charge >= 0.3 is 11.9 Å². The summed E-state index contributed by atoms with van der Waals surface area (Å²) in [5.74, 6) is -1.87. The van der Waals surface area contributed by atoms with E-state index in [-0.39, 0.29) is 27.6 Å². The number of hydrogen-bond donors (Lipinski definition) is 2. The predicted octanol–water partition coefficient (Wildman–Crippen LogP) is 4.48. The molecule has 2 N–H and O–H groups in total. The van der Waals surface area contributed by atoms with Gasteiger partial charge in [-0.25, -0.2) is 9.59 Å². The Bertz CT molecular complexity index is 1110. The van der Waals surface area contributed by atoms with Crippen molar-refractivity contribution >= 4 is 33.7 Å².